The van der Waals surface area contributed by atoms with Crippen LogP contribution in [0, 0.1) is 0 Å². The first-order valence-corrected chi connectivity index (χ1v) is 15.5. The monoisotopic (exact) mass is 598 g/mol. The Morgan fingerprint density at radius 3 is 2.37 bits per heavy atom. The molecular weight excluding hydrogens is 568 g/mol. The molecule has 1 aliphatic heterocycles. The Bertz CT molecular complexity index is 2490. The molecule has 0 saturated carbocycles. The van der Waals surface area contributed by atoms with Gasteiger partial charge in [-0.1, -0.05) is 62.4 Å². The molecule has 0 saturated heterocycles. The predicted molar refractivity (Wildman–Crippen MR) is 183 cm³/mol. The van der Waals surface area contributed by atoms with Crippen molar-refractivity contribution in [3.8, 4) is 40.1 Å². The van der Waals surface area contributed by atoms with Gasteiger partial charge in [-0.05, 0) is 66.7 Å². The van der Waals surface area contributed by atoms with Crippen LogP contribution in [0.2, 0.25) is 0 Å². The Morgan fingerprint density at radius 2 is 1.48 bits per heavy atom. The molecule has 4 heterocycles. The largest absolute Gasteiger partial charge is 0.457 e. The van der Waals surface area contributed by atoms with E-state index in [4.69, 9.17) is 19.4 Å². The fourth-order valence-electron chi connectivity index (χ4n) is 6.96. The Hall–Kier alpha value is -5.88. The molecule has 3 aromatic heterocycles. The second-order valence-electron chi connectivity index (χ2n) is 12.4. The van der Waals surface area contributed by atoms with Crippen molar-refractivity contribution in [2.45, 2.75) is 19.3 Å². The molecule has 0 bridgehead atoms. The van der Waals surface area contributed by atoms with Gasteiger partial charge in [-0.2, -0.15) is 0 Å². The summed E-state index contributed by atoms with van der Waals surface area (Å²) in [5, 5.41) is 2.17. The summed E-state index contributed by atoms with van der Waals surface area (Å²) in [6.45, 7) is 4.53. The van der Waals surface area contributed by atoms with Gasteiger partial charge >= 0.3 is 0 Å². The zero-order valence-electron chi connectivity index (χ0n) is 25.7. The number of aromatic nitrogens is 4. The van der Waals surface area contributed by atoms with Crippen molar-refractivity contribution in [1.82, 2.24) is 19.1 Å². The van der Waals surface area contributed by atoms with Crippen LogP contribution in [0.5, 0.6) is 23.0 Å². The Kier molecular flexibility index (Phi) is 5.66. The molecule has 9 rings (SSSR count). The van der Waals surface area contributed by atoms with Crippen molar-refractivity contribution in [1.29, 1.82) is 0 Å². The number of benzene rings is 5. The van der Waals surface area contributed by atoms with Gasteiger partial charge in [-0.25, -0.2) is 9.97 Å². The molecular formula is C40H30N4O2. The van der Waals surface area contributed by atoms with Crippen molar-refractivity contribution in [3.05, 3.63) is 139 Å². The van der Waals surface area contributed by atoms with Crippen LogP contribution in [0.15, 0.2) is 128 Å². The van der Waals surface area contributed by atoms with Gasteiger partial charge in [0.1, 0.15) is 34.5 Å². The number of imidazole rings is 1. The number of rotatable bonds is 4. The summed E-state index contributed by atoms with van der Waals surface area (Å²) in [6, 6.07) is 41.4. The van der Waals surface area contributed by atoms with E-state index in [0.29, 0.717) is 0 Å². The summed E-state index contributed by atoms with van der Waals surface area (Å²) in [6.07, 6.45) is 1.85. The number of hydrogen-bond donors (Lipinski definition) is 0. The molecule has 0 spiro atoms. The van der Waals surface area contributed by atoms with Gasteiger partial charge in [0.2, 0.25) is 0 Å². The number of hydrogen-bond acceptors (Lipinski definition) is 4. The van der Waals surface area contributed by atoms with Gasteiger partial charge in [0.15, 0.2) is 0 Å². The maximum Gasteiger partial charge on any atom is 0.145 e. The Balaban J connectivity index is 1.14. The van der Waals surface area contributed by atoms with E-state index in [0.717, 1.165) is 78.6 Å². The van der Waals surface area contributed by atoms with Crippen molar-refractivity contribution >= 4 is 33.0 Å². The van der Waals surface area contributed by atoms with Crippen LogP contribution in [0.1, 0.15) is 25.0 Å². The second-order valence-corrected chi connectivity index (χ2v) is 12.4. The Labute approximate surface area is 266 Å². The minimum absolute atomic E-state index is 0.234. The summed E-state index contributed by atoms with van der Waals surface area (Å²) in [7, 11) is 2.05. The van der Waals surface area contributed by atoms with Gasteiger partial charge in [0.05, 0.1) is 22.2 Å². The lowest BCUT2D eigenvalue weighted by molar-refractivity contribution is 0.419. The molecule has 0 N–H and O–H groups in total. The van der Waals surface area contributed by atoms with Gasteiger partial charge in [0, 0.05) is 52.2 Å². The van der Waals surface area contributed by atoms with Crippen LogP contribution >= 0.6 is 0 Å². The first-order chi connectivity index (χ1) is 22.5. The van der Waals surface area contributed by atoms with Gasteiger partial charge < -0.3 is 14.0 Å². The average molecular weight is 599 g/mol. The molecule has 0 fully saturated rings. The molecule has 5 aromatic carbocycles. The van der Waals surface area contributed by atoms with Crippen LogP contribution in [0.3, 0.4) is 0 Å². The molecule has 222 valence electrons. The number of aryl methyl sites for hydroxylation is 1. The van der Waals surface area contributed by atoms with E-state index in [1.807, 2.05) is 73.9 Å². The summed E-state index contributed by atoms with van der Waals surface area (Å²) < 4.78 is 17.3. The fraction of sp³-hybridized carbons (Fsp3) is 0.100. The SMILES string of the molecule is Cn1c(-c2cccc(Oc3cccc(-n4c5cc6c(cc5c5cccnc54)Oc4ccccc4C6(C)C)c3)c2)nc2ccccc21. The summed E-state index contributed by atoms with van der Waals surface area (Å²) in [4.78, 5) is 9.73. The number of para-hydroxylation sites is 3. The number of nitrogens with zero attached hydrogens (tertiary/aromatic N) is 4. The highest BCUT2D eigenvalue weighted by Crippen LogP contribution is 2.50. The van der Waals surface area contributed by atoms with Crippen molar-refractivity contribution in [3.63, 3.8) is 0 Å². The van der Waals surface area contributed by atoms with E-state index in [9.17, 15) is 0 Å². The molecule has 6 nitrogen and oxygen atoms in total. The minimum Gasteiger partial charge on any atom is -0.457 e. The Morgan fingerprint density at radius 1 is 0.674 bits per heavy atom. The quantitative estimate of drug-likeness (QED) is 0.202. The maximum absolute atomic E-state index is 6.49. The molecule has 0 aliphatic carbocycles. The molecule has 0 atom stereocenters. The molecule has 0 radical (unpaired) electrons. The highest BCUT2D eigenvalue weighted by molar-refractivity contribution is 6.09. The predicted octanol–water partition coefficient (Wildman–Crippen LogP) is 9.96. The zero-order valence-corrected chi connectivity index (χ0v) is 25.7. The van der Waals surface area contributed by atoms with Crippen LogP contribution in [0.4, 0.5) is 0 Å². The first-order valence-electron chi connectivity index (χ1n) is 15.5. The van der Waals surface area contributed by atoms with Crippen molar-refractivity contribution < 1.29 is 9.47 Å². The summed E-state index contributed by atoms with van der Waals surface area (Å²) in [5.41, 5.74) is 8.08. The van der Waals surface area contributed by atoms with Crippen LogP contribution in [-0.2, 0) is 12.5 Å². The summed E-state index contributed by atoms with van der Waals surface area (Å²) in [5.74, 6) is 4.17. The lowest BCUT2D eigenvalue weighted by atomic mass is 9.75. The molecule has 0 unspecified atom stereocenters. The number of pyridine rings is 1. The topological polar surface area (TPSA) is 54.1 Å². The molecule has 8 aromatic rings. The van der Waals surface area contributed by atoms with E-state index >= 15 is 0 Å². The molecule has 6 heteroatoms. The van der Waals surface area contributed by atoms with Gasteiger partial charge in [0.25, 0.3) is 0 Å². The lowest BCUT2D eigenvalue weighted by Gasteiger charge is -2.34. The molecule has 1 aliphatic rings. The summed E-state index contributed by atoms with van der Waals surface area (Å²) >= 11 is 0. The van der Waals surface area contributed by atoms with Crippen molar-refractivity contribution in [2.75, 3.05) is 0 Å². The number of ether oxygens (including phenoxy) is 2. The van der Waals surface area contributed by atoms with Crippen LogP contribution in [-0.4, -0.2) is 19.1 Å². The standard InChI is InChI=1S/C40H30N4O2/c1-40(2)31-16-4-7-19-36(31)46-37-23-30-29-15-10-20-41-39(29)44(35(30)24-32(37)40)26-12-9-14-28(22-26)45-27-13-8-11-25(21-27)38-42-33-17-5-6-18-34(33)43(38)3/h4-24H,1-3H3. The van der Waals surface area contributed by atoms with E-state index in [1.54, 1.807) is 0 Å². The average Bonchev–Trinajstić information content (AvgIpc) is 3.59. The smallest absolute Gasteiger partial charge is 0.145 e. The van der Waals surface area contributed by atoms with Crippen LogP contribution in [0.25, 0.3) is 50.0 Å². The third-order valence-corrected chi connectivity index (χ3v) is 9.27. The fourth-order valence-corrected chi connectivity index (χ4v) is 6.96. The zero-order chi connectivity index (χ0) is 31.0. The van der Waals surface area contributed by atoms with E-state index in [1.165, 1.54) is 5.56 Å². The maximum atomic E-state index is 6.49. The lowest BCUT2D eigenvalue weighted by Crippen LogP contribution is -2.24. The molecule has 46 heavy (non-hydrogen) atoms. The van der Waals surface area contributed by atoms with E-state index < -0.39 is 0 Å². The third-order valence-electron chi connectivity index (χ3n) is 9.27. The minimum atomic E-state index is -0.234. The highest BCUT2D eigenvalue weighted by Gasteiger charge is 2.35. The van der Waals surface area contributed by atoms with Gasteiger partial charge in [-0.3, -0.25) is 4.57 Å². The van der Waals surface area contributed by atoms with Crippen molar-refractivity contribution in [2.24, 2.45) is 7.05 Å². The second kappa shape index (κ2) is 9.81. The number of fused-ring (bicyclic) bond motifs is 6. The molecule has 0 amide bonds. The highest BCUT2D eigenvalue weighted by atomic mass is 16.5. The van der Waals surface area contributed by atoms with E-state index in [-0.39, 0.29) is 5.41 Å². The van der Waals surface area contributed by atoms with Crippen LogP contribution < -0.4 is 9.47 Å². The van der Waals surface area contributed by atoms with Gasteiger partial charge in [-0.15, -0.1) is 0 Å². The first kappa shape index (κ1) is 26.5. The van der Waals surface area contributed by atoms with E-state index in [2.05, 4.69) is 83.6 Å². The third kappa shape index (κ3) is 3.96. The normalized spacial score (nSPS) is 13.5.